The molecular weight excluding hydrogens is 314 g/mol. The standard InChI is InChI=1S/C18H24ClNO3/c1-13-12-23-16(14-5-3-4-6-15(14)19)11-20(13)17(21)18(2)7-9-22-10-8-18/h3-6,13,16H,7-12H2,1-2H3/t13-,16-/m1/s1. The third-order valence-corrected chi connectivity index (χ3v) is 5.40. The summed E-state index contributed by atoms with van der Waals surface area (Å²) in [6, 6.07) is 7.78. The van der Waals surface area contributed by atoms with Crippen molar-refractivity contribution in [3.8, 4) is 0 Å². The number of hydrogen-bond acceptors (Lipinski definition) is 3. The molecule has 23 heavy (non-hydrogen) atoms. The molecule has 0 saturated carbocycles. The summed E-state index contributed by atoms with van der Waals surface area (Å²) in [5, 5.41) is 0.691. The SMILES string of the molecule is C[C@@H]1CO[C@@H](c2ccccc2Cl)CN1C(=O)C1(C)CCOCC1. The molecular formula is C18H24ClNO3. The minimum atomic E-state index is -0.325. The minimum Gasteiger partial charge on any atom is -0.381 e. The van der Waals surface area contributed by atoms with Crippen molar-refractivity contribution < 1.29 is 14.3 Å². The summed E-state index contributed by atoms with van der Waals surface area (Å²) in [6.45, 7) is 6.52. The molecule has 1 amide bonds. The Morgan fingerprint density at radius 1 is 1.30 bits per heavy atom. The van der Waals surface area contributed by atoms with Crippen LogP contribution in [0.2, 0.25) is 5.02 Å². The normalized spacial score (nSPS) is 27.7. The maximum absolute atomic E-state index is 13.1. The van der Waals surface area contributed by atoms with Crippen molar-refractivity contribution in [3.63, 3.8) is 0 Å². The lowest BCUT2D eigenvalue weighted by Crippen LogP contribution is -2.54. The fourth-order valence-electron chi connectivity index (χ4n) is 3.35. The van der Waals surface area contributed by atoms with E-state index in [1.807, 2.05) is 36.1 Å². The highest BCUT2D eigenvalue weighted by atomic mass is 35.5. The summed E-state index contributed by atoms with van der Waals surface area (Å²) < 4.78 is 11.4. The van der Waals surface area contributed by atoms with Crippen LogP contribution in [0.25, 0.3) is 0 Å². The van der Waals surface area contributed by atoms with Gasteiger partial charge in [-0.05, 0) is 25.8 Å². The molecule has 2 atom stereocenters. The molecule has 0 N–H and O–H groups in total. The molecule has 2 heterocycles. The molecule has 2 saturated heterocycles. The van der Waals surface area contributed by atoms with Gasteiger partial charge in [-0.25, -0.2) is 0 Å². The van der Waals surface area contributed by atoms with Crippen LogP contribution < -0.4 is 0 Å². The zero-order valence-electron chi connectivity index (χ0n) is 13.8. The summed E-state index contributed by atoms with van der Waals surface area (Å²) in [5.74, 6) is 0.216. The van der Waals surface area contributed by atoms with Crippen LogP contribution in [0.5, 0.6) is 0 Å². The van der Waals surface area contributed by atoms with Crippen molar-refractivity contribution in [3.05, 3.63) is 34.9 Å². The molecule has 3 rings (SSSR count). The van der Waals surface area contributed by atoms with Gasteiger partial charge in [-0.1, -0.05) is 36.7 Å². The number of halogens is 1. The Morgan fingerprint density at radius 3 is 2.70 bits per heavy atom. The summed E-state index contributed by atoms with van der Waals surface area (Å²) >= 11 is 6.30. The average molecular weight is 338 g/mol. The Bertz CT molecular complexity index is 571. The highest BCUT2D eigenvalue weighted by Gasteiger charge is 2.42. The van der Waals surface area contributed by atoms with E-state index < -0.39 is 0 Å². The molecule has 126 valence electrons. The number of nitrogens with zero attached hydrogens (tertiary/aromatic N) is 1. The lowest BCUT2D eigenvalue weighted by atomic mass is 9.80. The van der Waals surface area contributed by atoms with Crippen LogP contribution in [0.15, 0.2) is 24.3 Å². The van der Waals surface area contributed by atoms with Crippen molar-refractivity contribution in [2.24, 2.45) is 5.41 Å². The maximum Gasteiger partial charge on any atom is 0.229 e. The number of hydrogen-bond donors (Lipinski definition) is 0. The number of rotatable bonds is 2. The predicted molar refractivity (Wildman–Crippen MR) is 89.5 cm³/mol. The highest BCUT2D eigenvalue weighted by molar-refractivity contribution is 6.31. The minimum absolute atomic E-state index is 0.0842. The van der Waals surface area contributed by atoms with Gasteiger partial charge >= 0.3 is 0 Å². The van der Waals surface area contributed by atoms with Gasteiger partial charge in [0.05, 0.1) is 24.6 Å². The summed E-state index contributed by atoms with van der Waals surface area (Å²) in [4.78, 5) is 15.1. The van der Waals surface area contributed by atoms with Crippen LogP contribution in [0.4, 0.5) is 0 Å². The van der Waals surface area contributed by atoms with E-state index in [-0.39, 0.29) is 23.5 Å². The van der Waals surface area contributed by atoms with Crippen LogP contribution in [0.3, 0.4) is 0 Å². The van der Waals surface area contributed by atoms with Gasteiger partial charge < -0.3 is 14.4 Å². The quantitative estimate of drug-likeness (QED) is 0.829. The zero-order chi connectivity index (χ0) is 16.4. The van der Waals surface area contributed by atoms with Crippen LogP contribution in [-0.2, 0) is 14.3 Å². The first-order valence-corrected chi connectivity index (χ1v) is 8.64. The van der Waals surface area contributed by atoms with Crippen molar-refractivity contribution in [1.82, 2.24) is 4.90 Å². The number of amides is 1. The van der Waals surface area contributed by atoms with Crippen LogP contribution in [0, 0.1) is 5.41 Å². The van der Waals surface area contributed by atoms with Gasteiger partial charge in [0.2, 0.25) is 5.91 Å². The van der Waals surface area contributed by atoms with Crippen LogP contribution >= 0.6 is 11.6 Å². The number of ether oxygens (including phenoxy) is 2. The van der Waals surface area contributed by atoms with Crippen LogP contribution in [0.1, 0.15) is 38.4 Å². The Kier molecular flexibility index (Phi) is 4.95. The molecule has 0 aromatic heterocycles. The Labute approximate surface area is 142 Å². The van der Waals surface area contributed by atoms with Gasteiger partial charge in [0.25, 0.3) is 0 Å². The van der Waals surface area contributed by atoms with Crippen molar-refractivity contribution in [1.29, 1.82) is 0 Å². The van der Waals surface area contributed by atoms with Crippen molar-refractivity contribution in [2.75, 3.05) is 26.4 Å². The van der Waals surface area contributed by atoms with Gasteiger partial charge in [0.1, 0.15) is 6.10 Å². The molecule has 0 aliphatic carbocycles. The fourth-order valence-corrected chi connectivity index (χ4v) is 3.60. The number of carbonyl (C=O) groups excluding carboxylic acids is 1. The number of morpholine rings is 1. The van der Waals surface area contributed by atoms with E-state index in [2.05, 4.69) is 6.92 Å². The average Bonchev–Trinajstić information content (AvgIpc) is 2.56. The molecule has 0 radical (unpaired) electrons. The second-order valence-corrected chi connectivity index (χ2v) is 7.23. The Morgan fingerprint density at radius 2 is 2.00 bits per heavy atom. The monoisotopic (exact) mass is 337 g/mol. The van der Waals surface area contributed by atoms with Gasteiger partial charge in [-0.15, -0.1) is 0 Å². The molecule has 0 unspecified atom stereocenters. The van der Waals surface area contributed by atoms with E-state index in [4.69, 9.17) is 21.1 Å². The smallest absolute Gasteiger partial charge is 0.229 e. The molecule has 1 aromatic rings. The first-order chi connectivity index (χ1) is 11.0. The van der Waals surface area contributed by atoms with E-state index >= 15 is 0 Å². The van der Waals surface area contributed by atoms with E-state index in [1.165, 1.54) is 0 Å². The third-order valence-electron chi connectivity index (χ3n) is 5.06. The predicted octanol–water partition coefficient (Wildman–Crippen LogP) is 3.45. The summed E-state index contributed by atoms with van der Waals surface area (Å²) in [5.41, 5.74) is 0.630. The Hall–Kier alpha value is -1.10. The summed E-state index contributed by atoms with van der Waals surface area (Å²) in [6.07, 6.45) is 1.41. The summed E-state index contributed by atoms with van der Waals surface area (Å²) in [7, 11) is 0. The van der Waals surface area contributed by atoms with E-state index in [1.54, 1.807) is 0 Å². The Balaban J connectivity index is 1.78. The van der Waals surface area contributed by atoms with Crippen molar-refractivity contribution >= 4 is 17.5 Å². The second-order valence-electron chi connectivity index (χ2n) is 6.82. The molecule has 0 bridgehead atoms. The molecule has 2 fully saturated rings. The van der Waals surface area contributed by atoms with Crippen LogP contribution in [-0.4, -0.2) is 43.2 Å². The van der Waals surface area contributed by atoms with E-state index in [9.17, 15) is 4.79 Å². The molecule has 4 nitrogen and oxygen atoms in total. The lowest BCUT2D eigenvalue weighted by molar-refractivity contribution is -0.159. The highest BCUT2D eigenvalue weighted by Crippen LogP contribution is 2.36. The lowest BCUT2D eigenvalue weighted by Gasteiger charge is -2.44. The second kappa shape index (κ2) is 6.80. The van der Waals surface area contributed by atoms with E-state index in [0.717, 1.165) is 18.4 Å². The van der Waals surface area contributed by atoms with Crippen molar-refractivity contribution in [2.45, 2.75) is 38.8 Å². The van der Waals surface area contributed by atoms with Gasteiger partial charge in [-0.3, -0.25) is 4.79 Å². The number of carbonyl (C=O) groups is 1. The first kappa shape index (κ1) is 16.7. The topological polar surface area (TPSA) is 38.8 Å². The molecule has 0 spiro atoms. The molecule has 2 aliphatic heterocycles. The molecule has 5 heteroatoms. The van der Waals surface area contributed by atoms with E-state index in [0.29, 0.717) is 31.4 Å². The largest absolute Gasteiger partial charge is 0.381 e. The number of benzene rings is 1. The van der Waals surface area contributed by atoms with Gasteiger partial charge in [-0.2, -0.15) is 0 Å². The molecule has 1 aromatic carbocycles. The third kappa shape index (κ3) is 3.39. The maximum atomic E-state index is 13.1. The fraction of sp³-hybridized carbons (Fsp3) is 0.611. The van der Waals surface area contributed by atoms with Gasteiger partial charge in [0.15, 0.2) is 0 Å². The first-order valence-electron chi connectivity index (χ1n) is 8.26. The van der Waals surface area contributed by atoms with Gasteiger partial charge in [0, 0.05) is 23.8 Å². The zero-order valence-corrected chi connectivity index (χ0v) is 14.5. The molecule has 2 aliphatic rings.